The highest BCUT2D eigenvalue weighted by atomic mass is 19.1. The second kappa shape index (κ2) is 3.56. The molecule has 3 heteroatoms. The molecule has 1 aromatic carbocycles. The number of carboxylic acids is 1. The highest BCUT2D eigenvalue weighted by molar-refractivity contribution is 5.68. The largest absolute Gasteiger partial charge is 0.481 e. The van der Waals surface area contributed by atoms with Gasteiger partial charge in [0.15, 0.2) is 0 Å². The molecule has 1 saturated carbocycles. The van der Waals surface area contributed by atoms with Crippen LogP contribution in [0.3, 0.4) is 0 Å². The van der Waals surface area contributed by atoms with Crippen LogP contribution in [-0.4, -0.2) is 11.1 Å². The van der Waals surface area contributed by atoms with Crippen molar-refractivity contribution in [1.29, 1.82) is 0 Å². The van der Waals surface area contributed by atoms with E-state index in [1.165, 1.54) is 6.07 Å². The van der Waals surface area contributed by atoms with Crippen molar-refractivity contribution in [2.75, 3.05) is 0 Å². The summed E-state index contributed by atoms with van der Waals surface area (Å²) in [5, 5.41) is 8.92. The minimum absolute atomic E-state index is 0.0642. The van der Waals surface area contributed by atoms with E-state index >= 15 is 0 Å². The topological polar surface area (TPSA) is 37.3 Å². The zero-order valence-electron chi connectivity index (χ0n) is 9.58. The first kappa shape index (κ1) is 10.8. The molecule has 17 heavy (non-hydrogen) atoms. The molecular formula is C14H15FO2. The molecule has 2 nitrogen and oxygen atoms in total. The number of carboxylic acid groups (broad SMARTS) is 1. The molecule has 0 heterocycles. The molecule has 1 fully saturated rings. The summed E-state index contributed by atoms with van der Waals surface area (Å²) in [4.78, 5) is 10.8. The molecule has 0 bridgehead atoms. The van der Waals surface area contributed by atoms with Crippen LogP contribution in [0.4, 0.5) is 4.39 Å². The molecular weight excluding hydrogens is 219 g/mol. The van der Waals surface area contributed by atoms with E-state index < -0.39 is 5.97 Å². The number of rotatable bonds is 2. The van der Waals surface area contributed by atoms with E-state index in [0.29, 0.717) is 0 Å². The van der Waals surface area contributed by atoms with Crippen LogP contribution in [0.15, 0.2) is 18.2 Å². The molecule has 0 aliphatic heterocycles. The van der Waals surface area contributed by atoms with Crippen molar-refractivity contribution < 1.29 is 14.3 Å². The molecule has 1 N–H and O–H groups in total. The van der Waals surface area contributed by atoms with E-state index in [2.05, 4.69) is 0 Å². The molecule has 0 saturated heterocycles. The van der Waals surface area contributed by atoms with Gasteiger partial charge in [-0.25, -0.2) is 4.39 Å². The standard InChI is InChI=1S/C14H15FO2/c15-10-1-2-11-9(7-13(16)17)3-4-14(5-6-14)12(11)8-10/h1-2,8-9H,3-7H2,(H,16,17). The Morgan fingerprint density at radius 2 is 2.18 bits per heavy atom. The fourth-order valence-electron chi connectivity index (χ4n) is 3.18. The van der Waals surface area contributed by atoms with Gasteiger partial charge in [-0.05, 0) is 60.3 Å². The third-order valence-electron chi connectivity index (χ3n) is 4.27. The average Bonchev–Trinajstić information content (AvgIpc) is 3.03. The molecule has 1 unspecified atom stereocenters. The van der Waals surface area contributed by atoms with Crippen LogP contribution in [0.2, 0.25) is 0 Å². The Labute approximate surface area is 99.5 Å². The molecule has 1 spiro atoms. The third-order valence-corrected chi connectivity index (χ3v) is 4.27. The van der Waals surface area contributed by atoms with Gasteiger partial charge in [0.25, 0.3) is 0 Å². The Morgan fingerprint density at radius 3 is 2.82 bits per heavy atom. The Hall–Kier alpha value is -1.38. The van der Waals surface area contributed by atoms with Crippen molar-refractivity contribution in [3.63, 3.8) is 0 Å². The van der Waals surface area contributed by atoms with Crippen LogP contribution >= 0.6 is 0 Å². The first-order valence-corrected chi connectivity index (χ1v) is 6.12. The highest BCUT2D eigenvalue weighted by Crippen LogP contribution is 2.58. The van der Waals surface area contributed by atoms with E-state index in [1.807, 2.05) is 0 Å². The Bertz CT molecular complexity index is 477. The highest BCUT2D eigenvalue weighted by Gasteiger charge is 2.48. The number of fused-ring (bicyclic) bond motifs is 2. The lowest BCUT2D eigenvalue weighted by molar-refractivity contribution is -0.137. The first-order valence-electron chi connectivity index (χ1n) is 6.12. The van der Waals surface area contributed by atoms with Crippen LogP contribution in [-0.2, 0) is 10.2 Å². The summed E-state index contributed by atoms with van der Waals surface area (Å²) in [5.74, 6) is -0.905. The van der Waals surface area contributed by atoms with Crippen molar-refractivity contribution in [3.8, 4) is 0 Å². The number of hydrogen-bond donors (Lipinski definition) is 1. The summed E-state index contributed by atoms with van der Waals surface area (Å²) in [5.41, 5.74) is 2.33. The summed E-state index contributed by atoms with van der Waals surface area (Å²) in [6, 6.07) is 4.86. The van der Waals surface area contributed by atoms with Crippen molar-refractivity contribution in [2.24, 2.45) is 0 Å². The summed E-state index contributed by atoms with van der Waals surface area (Å²) in [6.07, 6.45) is 4.35. The SMILES string of the molecule is O=C(O)CC1CCC2(CC2)c2cc(F)ccc21. The van der Waals surface area contributed by atoms with Gasteiger partial charge >= 0.3 is 5.97 Å². The van der Waals surface area contributed by atoms with Crippen LogP contribution in [0, 0.1) is 5.82 Å². The zero-order valence-corrected chi connectivity index (χ0v) is 9.58. The molecule has 1 atom stereocenters. The van der Waals surface area contributed by atoms with Crippen LogP contribution in [0.1, 0.15) is 49.1 Å². The maximum Gasteiger partial charge on any atom is 0.303 e. The number of benzene rings is 1. The summed E-state index contributed by atoms with van der Waals surface area (Å²) >= 11 is 0. The minimum atomic E-state index is -0.767. The summed E-state index contributed by atoms with van der Waals surface area (Å²) in [7, 11) is 0. The van der Waals surface area contributed by atoms with Crippen molar-refractivity contribution >= 4 is 5.97 Å². The molecule has 2 aliphatic carbocycles. The van der Waals surface area contributed by atoms with Gasteiger partial charge in [0.1, 0.15) is 5.82 Å². The molecule has 0 aromatic heterocycles. The molecule has 90 valence electrons. The van der Waals surface area contributed by atoms with Gasteiger partial charge < -0.3 is 5.11 Å². The van der Waals surface area contributed by atoms with E-state index in [9.17, 15) is 9.18 Å². The Morgan fingerprint density at radius 1 is 1.41 bits per heavy atom. The predicted molar refractivity (Wildman–Crippen MR) is 61.5 cm³/mol. The molecule has 3 rings (SSSR count). The fourth-order valence-corrected chi connectivity index (χ4v) is 3.18. The number of aliphatic carboxylic acids is 1. The van der Waals surface area contributed by atoms with E-state index in [-0.39, 0.29) is 23.6 Å². The van der Waals surface area contributed by atoms with Gasteiger partial charge in [0.05, 0.1) is 6.42 Å². The smallest absolute Gasteiger partial charge is 0.303 e. The van der Waals surface area contributed by atoms with Gasteiger partial charge in [-0.1, -0.05) is 6.07 Å². The van der Waals surface area contributed by atoms with Crippen LogP contribution < -0.4 is 0 Å². The van der Waals surface area contributed by atoms with Gasteiger partial charge in [0.2, 0.25) is 0 Å². The molecule has 1 aromatic rings. The first-order chi connectivity index (χ1) is 8.11. The maximum absolute atomic E-state index is 13.3. The number of halogens is 1. The second-order valence-corrected chi connectivity index (χ2v) is 5.35. The Kier molecular flexibility index (Phi) is 2.25. The normalized spacial score (nSPS) is 24.4. The predicted octanol–water partition coefficient (Wildman–Crippen LogP) is 3.21. The fraction of sp³-hybridized carbons (Fsp3) is 0.500. The van der Waals surface area contributed by atoms with Gasteiger partial charge in [0, 0.05) is 0 Å². The maximum atomic E-state index is 13.3. The van der Waals surface area contributed by atoms with Crippen LogP contribution in [0.25, 0.3) is 0 Å². The lowest BCUT2D eigenvalue weighted by Gasteiger charge is -2.31. The van der Waals surface area contributed by atoms with Gasteiger partial charge in [-0.3, -0.25) is 4.79 Å². The molecule has 0 radical (unpaired) electrons. The lowest BCUT2D eigenvalue weighted by atomic mass is 9.73. The number of carbonyl (C=O) groups is 1. The average molecular weight is 234 g/mol. The van der Waals surface area contributed by atoms with Gasteiger partial charge in [-0.15, -0.1) is 0 Å². The quantitative estimate of drug-likeness (QED) is 0.853. The van der Waals surface area contributed by atoms with Gasteiger partial charge in [-0.2, -0.15) is 0 Å². The van der Waals surface area contributed by atoms with E-state index in [1.54, 1.807) is 12.1 Å². The minimum Gasteiger partial charge on any atom is -0.481 e. The monoisotopic (exact) mass is 234 g/mol. The van der Waals surface area contributed by atoms with Crippen molar-refractivity contribution in [3.05, 3.63) is 35.1 Å². The van der Waals surface area contributed by atoms with Crippen LogP contribution in [0.5, 0.6) is 0 Å². The summed E-state index contributed by atoms with van der Waals surface area (Å²) in [6.45, 7) is 0. The van der Waals surface area contributed by atoms with E-state index in [0.717, 1.165) is 36.8 Å². The molecule has 2 aliphatic rings. The Balaban J connectivity index is 2.02. The third kappa shape index (κ3) is 1.74. The lowest BCUT2D eigenvalue weighted by Crippen LogP contribution is -2.21. The summed E-state index contributed by atoms with van der Waals surface area (Å²) < 4.78 is 13.3. The number of hydrogen-bond acceptors (Lipinski definition) is 1. The van der Waals surface area contributed by atoms with Crippen molar-refractivity contribution in [2.45, 2.75) is 43.4 Å². The second-order valence-electron chi connectivity index (χ2n) is 5.35. The molecule has 0 amide bonds. The zero-order chi connectivity index (χ0) is 12.0. The van der Waals surface area contributed by atoms with E-state index in [4.69, 9.17) is 5.11 Å². The van der Waals surface area contributed by atoms with Crippen molar-refractivity contribution in [1.82, 2.24) is 0 Å².